The van der Waals surface area contributed by atoms with Crippen LogP contribution in [0.5, 0.6) is 0 Å². The zero-order valence-corrected chi connectivity index (χ0v) is 12.9. The molecule has 19 heavy (non-hydrogen) atoms. The number of halogens is 1. The van der Waals surface area contributed by atoms with E-state index in [1.807, 2.05) is 0 Å². The van der Waals surface area contributed by atoms with Crippen LogP contribution < -0.4 is 4.90 Å². The number of thiazole rings is 1. The lowest BCUT2D eigenvalue weighted by molar-refractivity contribution is 0.377. The summed E-state index contributed by atoms with van der Waals surface area (Å²) >= 11 is 7.80. The number of hydrogen-bond donors (Lipinski definition) is 0. The van der Waals surface area contributed by atoms with E-state index in [2.05, 4.69) is 27.8 Å². The van der Waals surface area contributed by atoms with Gasteiger partial charge in [0.2, 0.25) is 0 Å². The number of anilines is 1. The van der Waals surface area contributed by atoms with Gasteiger partial charge in [0.05, 0.1) is 11.6 Å². The summed E-state index contributed by atoms with van der Waals surface area (Å²) in [5, 5.41) is 2.07. The Balaban J connectivity index is 1.79. The van der Waals surface area contributed by atoms with Crippen LogP contribution in [0.2, 0.25) is 0 Å². The molecule has 1 saturated heterocycles. The first-order chi connectivity index (χ1) is 9.33. The van der Waals surface area contributed by atoms with Crippen molar-refractivity contribution < 1.29 is 0 Å². The normalized spacial score (nSPS) is 17.5. The Morgan fingerprint density at radius 1 is 1.42 bits per heavy atom. The fourth-order valence-corrected chi connectivity index (χ4v) is 4.02. The maximum atomic E-state index is 6.12. The molecule has 0 radical (unpaired) electrons. The first-order valence-corrected chi connectivity index (χ1v) is 8.50. The van der Waals surface area contributed by atoms with Crippen molar-refractivity contribution >= 4 is 33.7 Å². The fourth-order valence-electron chi connectivity index (χ4n) is 3.04. The van der Waals surface area contributed by atoms with Crippen molar-refractivity contribution in [1.82, 2.24) is 9.38 Å². The van der Waals surface area contributed by atoms with E-state index in [9.17, 15) is 0 Å². The lowest BCUT2D eigenvalue weighted by Gasteiger charge is -2.32. The van der Waals surface area contributed by atoms with Crippen molar-refractivity contribution in [1.29, 1.82) is 0 Å². The molecule has 0 unspecified atom stereocenters. The van der Waals surface area contributed by atoms with E-state index in [1.54, 1.807) is 11.3 Å². The molecule has 1 fully saturated rings. The SMILES string of the molecule is CCCC1CCN(c2nc3sccn3c2CCl)CC1. The maximum Gasteiger partial charge on any atom is 0.195 e. The molecule has 2 aromatic heterocycles. The van der Waals surface area contributed by atoms with Crippen LogP contribution in [0.4, 0.5) is 5.82 Å². The fraction of sp³-hybridized carbons (Fsp3) is 0.643. The predicted octanol–water partition coefficient (Wildman–Crippen LogP) is 4.15. The van der Waals surface area contributed by atoms with Gasteiger partial charge in [-0.25, -0.2) is 4.98 Å². The van der Waals surface area contributed by atoms with Gasteiger partial charge in [-0.05, 0) is 18.8 Å². The number of rotatable bonds is 4. The molecule has 0 atom stereocenters. The molecular formula is C14H20ClN3S. The van der Waals surface area contributed by atoms with Crippen LogP contribution in [-0.4, -0.2) is 22.5 Å². The van der Waals surface area contributed by atoms with Gasteiger partial charge in [-0.15, -0.1) is 22.9 Å². The number of piperidine rings is 1. The molecule has 0 saturated carbocycles. The van der Waals surface area contributed by atoms with Crippen LogP contribution in [0, 0.1) is 5.92 Å². The van der Waals surface area contributed by atoms with E-state index >= 15 is 0 Å². The van der Waals surface area contributed by atoms with Gasteiger partial charge < -0.3 is 4.90 Å². The Kier molecular flexibility index (Phi) is 3.99. The molecule has 3 nitrogen and oxygen atoms in total. The van der Waals surface area contributed by atoms with Crippen molar-refractivity contribution in [3.8, 4) is 0 Å². The summed E-state index contributed by atoms with van der Waals surface area (Å²) in [4.78, 5) is 8.24. The van der Waals surface area contributed by atoms with Crippen LogP contribution in [0.25, 0.3) is 4.96 Å². The summed E-state index contributed by atoms with van der Waals surface area (Å²) in [6, 6.07) is 0. The molecule has 0 aromatic carbocycles. The Morgan fingerprint density at radius 2 is 2.21 bits per heavy atom. The highest BCUT2D eigenvalue weighted by molar-refractivity contribution is 7.15. The Labute approximate surface area is 123 Å². The minimum Gasteiger partial charge on any atom is -0.355 e. The summed E-state index contributed by atoms with van der Waals surface area (Å²) in [5.74, 6) is 2.54. The second-order valence-electron chi connectivity index (χ2n) is 5.29. The minimum atomic E-state index is 0.530. The second-order valence-corrected chi connectivity index (χ2v) is 6.43. The highest BCUT2D eigenvalue weighted by atomic mass is 35.5. The molecule has 0 N–H and O–H groups in total. The molecule has 2 aromatic rings. The molecule has 5 heteroatoms. The molecule has 1 aliphatic rings. The van der Waals surface area contributed by atoms with E-state index in [0.717, 1.165) is 35.5 Å². The highest BCUT2D eigenvalue weighted by Crippen LogP contribution is 2.30. The molecule has 0 bridgehead atoms. The van der Waals surface area contributed by atoms with Crippen molar-refractivity contribution in [2.45, 2.75) is 38.5 Å². The van der Waals surface area contributed by atoms with Crippen molar-refractivity contribution in [3.05, 3.63) is 17.3 Å². The third-order valence-corrected chi connectivity index (χ3v) is 5.09. The Hall–Kier alpha value is -0.740. The predicted molar refractivity (Wildman–Crippen MR) is 82.5 cm³/mol. The zero-order valence-electron chi connectivity index (χ0n) is 11.3. The van der Waals surface area contributed by atoms with Crippen LogP contribution >= 0.6 is 22.9 Å². The van der Waals surface area contributed by atoms with Crippen LogP contribution in [0.1, 0.15) is 38.3 Å². The average Bonchev–Trinajstić information content (AvgIpc) is 3.00. The van der Waals surface area contributed by atoms with Gasteiger partial charge >= 0.3 is 0 Å². The third kappa shape index (κ3) is 2.48. The van der Waals surface area contributed by atoms with Crippen molar-refractivity contribution in [2.24, 2.45) is 5.92 Å². The molecule has 0 aliphatic carbocycles. The van der Waals surface area contributed by atoms with Gasteiger partial charge in [-0.1, -0.05) is 19.8 Å². The van der Waals surface area contributed by atoms with Crippen molar-refractivity contribution in [2.75, 3.05) is 18.0 Å². The number of aromatic nitrogens is 2. The monoisotopic (exact) mass is 297 g/mol. The summed E-state index contributed by atoms with van der Waals surface area (Å²) in [5.41, 5.74) is 1.15. The molecule has 3 rings (SSSR count). The molecule has 1 aliphatic heterocycles. The third-order valence-electron chi connectivity index (χ3n) is 4.08. The number of alkyl halides is 1. The average molecular weight is 298 g/mol. The van der Waals surface area contributed by atoms with Gasteiger partial charge in [0.25, 0.3) is 0 Å². The smallest absolute Gasteiger partial charge is 0.195 e. The number of fused-ring (bicyclic) bond motifs is 1. The largest absolute Gasteiger partial charge is 0.355 e. The van der Waals surface area contributed by atoms with Crippen LogP contribution in [-0.2, 0) is 5.88 Å². The summed E-state index contributed by atoms with van der Waals surface area (Å²) in [6.45, 7) is 4.53. The minimum absolute atomic E-state index is 0.530. The first kappa shape index (κ1) is 13.3. The molecule has 104 valence electrons. The number of imidazole rings is 1. The van der Waals surface area contributed by atoms with Gasteiger partial charge in [-0.2, -0.15) is 0 Å². The topological polar surface area (TPSA) is 20.5 Å². The van der Waals surface area contributed by atoms with E-state index < -0.39 is 0 Å². The maximum absolute atomic E-state index is 6.12. The Morgan fingerprint density at radius 3 is 2.89 bits per heavy atom. The summed E-state index contributed by atoms with van der Waals surface area (Å²) in [7, 11) is 0. The first-order valence-electron chi connectivity index (χ1n) is 7.08. The van der Waals surface area contributed by atoms with Gasteiger partial charge in [0.15, 0.2) is 10.8 Å². The zero-order chi connectivity index (χ0) is 13.2. The van der Waals surface area contributed by atoms with Crippen molar-refractivity contribution in [3.63, 3.8) is 0 Å². The molecular weight excluding hydrogens is 278 g/mol. The molecule has 0 spiro atoms. The van der Waals surface area contributed by atoms with Gasteiger partial charge in [0, 0.05) is 24.7 Å². The Bertz CT molecular complexity index is 540. The summed E-state index contributed by atoms with van der Waals surface area (Å²) in [6.07, 6.45) is 7.33. The molecule has 3 heterocycles. The summed E-state index contributed by atoms with van der Waals surface area (Å²) < 4.78 is 2.13. The van der Waals surface area contributed by atoms with E-state index in [-0.39, 0.29) is 0 Å². The van der Waals surface area contributed by atoms with E-state index in [4.69, 9.17) is 16.6 Å². The van der Waals surface area contributed by atoms with E-state index in [1.165, 1.54) is 25.7 Å². The van der Waals surface area contributed by atoms with Crippen LogP contribution in [0.3, 0.4) is 0 Å². The van der Waals surface area contributed by atoms with Gasteiger partial charge in [-0.3, -0.25) is 4.40 Å². The second kappa shape index (κ2) is 5.71. The number of nitrogens with zero attached hydrogens (tertiary/aromatic N) is 3. The van der Waals surface area contributed by atoms with Crippen LogP contribution in [0.15, 0.2) is 11.6 Å². The lowest BCUT2D eigenvalue weighted by Crippen LogP contribution is -2.34. The quantitative estimate of drug-likeness (QED) is 0.790. The highest BCUT2D eigenvalue weighted by Gasteiger charge is 2.23. The van der Waals surface area contributed by atoms with E-state index in [0.29, 0.717) is 5.88 Å². The lowest BCUT2D eigenvalue weighted by atomic mass is 9.92. The standard InChI is InChI=1S/C14H20ClN3S/c1-2-3-11-4-6-17(7-5-11)13-12(10-15)18-8-9-19-14(18)16-13/h8-9,11H,2-7,10H2,1H3. The number of hydrogen-bond acceptors (Lipinski definition) is 3. The van der Waals surface area contributed by atoms with Gasteiger partial charge in [0.1, 0.15) is 0 Å². The molecule has 0 amide bonds.